The zero-order chi connectivity index (χ0) is 17.6. The highest BCUT2D eigenvalue weighted by molar-refractivity contribution is 5.55. The minimum atomic E-state index is -0.941. The molecule has 0 spiro atoms. The first-order chi connectivity index (χ1) is 12.2. The maximum atomic E-state index is 13.3. The summed E-state index contributed by atoms with van der Waals surface area (Å²) in [5.41, 5.74) is 1.11. The first kappa shape index (κ1) is 16.8. The van der Waals surface area contributed by atoms with Crippen LogP contribution in [0.25, 0.3) is 5.69 Å². The molecule has 2 aromatic carbocycles. The summed E-state index contributed by atoms with van der Waals surface area (Å²) in [5.74, 6) is -0.850. The van der Waals surface area contributed by atoms with E-state index in [4.69, 9.17) is 9.47 Å². The van der Waals surface area contributed by atoms with Crippen molar-refractivity contribution < 1.29 is 18.3 Å². The summed E-state index contributed by atoms with van der Waals surface area (Å²) < 4.78 is 38.1. The van der Waals surface area contributed by atoms with E-state index < -0.39 is 11.6 Å². The quantitative estimate of drug-likeness (QED) is 0.665. The number of aromatic nitrogens is 3. The van der Waals surface area contributed by atoms with Crippen LogP contribution in [0.4, 0.5) is 20.4 Å². The second-order valence-corrected chi connectivity index (χ2v) is 5.11. The Labute approximate surface area is 143 Å². The fraction of sp³-hybridized carbons (Fsp3) is 0.176. The number of nitrogens with one attached hydrogen (secondary N) is 1. The van der Waals surface area contributed by atoms with Crippen molar-refractivity contribution in [3.63, 3.8) is 0 Å². The maximum Gasteiger partial charge on any atom is 0.246 e. The van der Waals surface area contributed by atoms with Crippen LogP contribution in [0.15, 0.2) is 48.8 Å². The van der Waals surface area contributed by atoms with Gasteiger partial charge in [-0.05, 0) is 24.3 Å². The average molecular weight is 346 g/mol. The molecule has 0 aliphatic rings. The molecule has 8 heteroatoms. The molecule has 0 bridgehead atoms. The van der Waals surface area contributed by atoms with E-state index >= 15 is 0 Å². The third kappa shape index (κ3) is 4.30. The Morgan fingerprint density at radius 3 is 2.76 bits per heavy atom. The number of benzene rings is 2. The SMILES string of the molecule is COCCOc1cccc(Nc2ncn(-c3ccc(F)c(F)c3)n2)c1. The summed E-state index contributed by atoms with van der Waals surface area (Å²) in [5, 5.41) is 7.22. The van der Waals surface area contributed by atoms with Gasteiger partial charge in [-0.1, -0.05) is 6.07 Å². The molecule has 1 aromatic heterocycles. The van der Waals surface area contributed by atoms with Gasteiger partial charge >= 0.3 is 0 Å². The first-order valence-corrected chi connectivity index (χ1v) is 7.51. The van der Waals surface area contributed by atoms with E-state index in [1.165, 1.54) is 17.1 Å². The van der Waals surface area contributed by atoms with E-state index in [2.05, 4.69) is 15.4 Å². The molecular weight excluding hydrogens is 330 g/mol. The molecule has 130 valence electrons. The van der Waals surface area contributed by atoms with Gasteiger partial charge in [-0.25, -0.2) is 13.5 Å². The molecule has 25 heavy (non-hydrogen) atoms. The van der Waals surface area contributed by atoms with Crippen LogP contribution in [0.1, 0.15) is 0 Å². The lowest BCUT2D eigenvalue weighted by atomic mass is 10.3. The third-order valence-electron chi connectivity index (χ3n) is 3.31. The van der Waals surface area contributed by atoms with Crippen LogP contribution < -0.4 is 10.1 Å². The second kappa shape index (κ2) is 7.71. The normalized spacial score (nSPS) is 10.7. The molecule has 0 unspecified atom stereocenters. The molecule has 0 aliphatic heterocycles. The zero-order valence-electron chi connectivity index (χ0n) is 13.4. The van der Waals surface area contributed by atoms with Gasteiger partial charge < -0.3 is 14.8 Å². The van der Waals surface area contributed by atoms with Gasteiger partial charge in [0.05, 0.1) is 12.3 Å². The smallest absolute Gasteiger partial charge is 0.246 e. The third-order valence-corrected chi connectivity index (χ3v) is 3.31. The van der Waals surface area contributed by atoms with E-state index in [1.54, 1.807) is 13.2 Å². The molecule has 3 rings (SSSR count). The number of halogens is 2. The Bertz CT molecular complexity index is 854. The predicted octanol–water partition coefficient (Wildman–Crippen LogP) is 3.31. The van der Waals surface area contributed by atoms with E-state index in [0.717, 1.165) is 17.8 Å². The van der Waals surface area contributed by atoms with E-state index in [-0.39, 0.29) is 0 Å². The largest absolute Gasteiger partial charge is 0.491 e. The van der Waals surface area contributed by atoms with Gasteiger partial charge in [0, 0.05) is 24.9 Å². The second-order valence-electron chi connectivity index (χ2n) is 5.11. The topological polar surface area (TPSA) is 61.2 Å². The van der Waals surface area contributed by atoms with Crippen LogP contribution in [0, 0.1) is 11.6 Å². The van der Waals surface area contributed by atoms with Crippen LogP contribution >= 0.6 is 0 Å². The van der Waals surface area contributed by atoms with Gasteiger partial charge in [-0.3, -0.25) is 0 Å². The molecule has 0 radical (unpaired) electrons. The van der Waals surface area contributed by atoms with E-state index in [1.807, 2.05) is 18.2 Å². The molecule has 6 nitrogen and oxygen atoms in total. The molecule has 0 amide bonds. The van der Waals surface area contributed by atoms with E-state index in [0.29, 0.717) is 30.6 Å². The monoisotopic (exact) mass is 346 g/mol. The average Bonchev–Trinajstić information content (AvgIpc) is 3.06. The molecule has 1 N–H and O–H groups in total. The zero-order valence-corrected chi connectivity index (χ0v) is 13.4. The van der Waals surface area contributed by atoms with Gasteiger partial charge in [0.1, 0.15) is 18.7 Å². The minimum Gasteiger partial charge on any atom is -0.491 e. The molecule has 0 aliphatic carbocycles. The van der Waals surface area contributed by atoms with Crippen LogP contribution in [0.5, 0.6) is 5.75 Å². The van der Waals surface area contributed by atoms with Gasteiger partial charge in [0.25, 0.3) is 0 Å². The number of hydrogen-bond donors (Lipinski definition) is 1. The standard InChI is InChI=1S/C17H16F2N4O2/c1-24-7-8-25-14-4-2-3-12(9-14)21-17-20-11-23(22-17)13-5-6-15(18)16(19)10-13/h2-6,9-11H,7-8H2,1H3,(H,21,22). The summed E-state index contributed by atoms with van der Waals surface area (Å²) in [7, 11) is 1.61. The summed E-state index contributed by atoms with van der Waals surface area (Å²) >= 11 is 0. The van der Waals surface area contributed by atoms with Gasteiger partial charge in [0.15, 0.2) is 11.6 Å². The van der Waals surface area contributed by atoms with Crippen LogP contribution in [-0.2, 0) is 4.74 Å². The Balaban J connectivity index is 1.71. The maximum absolute atomic E-state index is 13.3. The van der Waals surface area contributed by atoms with Crippen LogP contribution in [-0.4, -0.2) is 35.1 Å². The highest BCUT2D eigenvalue weighted by atomic mass is 19.2. The van der Waals surface area contributed by atoms with Crippen molar-refractivity contribution in [1.29, 1.82) is 0 Å². The molecular formula is C17H16F2N4O2. The van der Waals surface area contributed by atoms with Gasteiger partial charge in [-0.2, -0.15) is 4.98 Å². The Kier molecular flexibility index (Phi) is 5.20. The van der Waals surface area contributed by atoms with Crippen molar-refractivity contribution in [3.05, 3.63) is 60.4 Å². The van der Waals surface area contributed by atoms with Gasteiger partial charge in [0.2, 0.25) is 5.95 Å². The number of ether oxygens (including phenoxy) is 2. The fourth-order valence-corrected chi connectivity index (χ4v) is 2.11. The van der Waals surface area contributed by atoms with Crippen LogP contribution in [0.2, 0.25) is 0 Å². The summed E-state index contributed by atoms with van der Waals surface area (Å²) in [6, 6.07) is 10.8. The van der Waals surface area contributed by atoms with Crippen molar-refractivity contribution in [3.8, 4) is 11.4 Å². The lowest BCUT2D eigenvalue weighted by molar-refractivity contribution is 0.146. The number of hydrogen-bond acceptors (Lipinski definition) is 5. The highest BCUT2D eigenvalue weighted by Gasteiger charge is 2.07. The lowest BCUT2D eigenvalue weighted by Gasteiger charge is -2.07. The van der Waals surface area contributed by atoms with Crippen molar-refractivity contribution >= 4 is 11.6 Å². The number of anilines is 2. The highest BCUT2D eigenvalue weighted by Crippen LogP contribution is 2.20. The van der Waals surface area contributed by atoms with Crippen molar-refractivity contribution in [1.82, 2.24) is 14.8 Å². The van der Waals surface area contributed by atoms with Gasteiger partial charge in [-0.15, -0.1) is 5.10 Å². The molecule has 1 heterocycles. The Morgan fingerprint density at radius 2 is 1.96 bits per heavy atom. The summed E-state index contributed by atoms with van der Waals surface area (Å²) in [4.78, 5) is 4.11. The molecule has 0 fully saturated rings. The van der Waals surface area contributed by atoms with Crippen LogP contribution in [0.3, 0.4) is 0 Å². The minimum absolute atomic E-state index is 0.318. The summed E-state index contributed by atoms with van der Waals surface area (Å²) in [6.45, 7) is 0.945. The molecule has 3 aromatic rings. The predicted molar refractivity (Wildman–Crippen MR) is 88.4 cm³/mol. The number of nitrogens with zero attached hydrogens (tertiary/aromatic N) is 3. The summed E-state index contributed by atoms with van der Waals surface area (Å²) in [6.07, 6.45) is 1.41. The van der Waals surface area contributed by atoms with Crippen molar-refractivity contribution in [2.24, 2.45) is 0 Å². The lowest BCUT2D eigenvalue weighted by Crippen LogP contribution is -2.04. The van der Waals surface area contributed by atoms with Crippen molar-refractivity contribution in [2.45, 2.75) is 0 Å². The number of methoxy groups -OCH3 is 1. The molecule has 0 saturated carbocycles. The van der Waals surface area contributed by atoms with Crippen molar-refractivity contribution in [2.75, 3.05) is 25.6 Å². The first-order valence-electron chi connectivity index (χ1n) is 7.51. The molecule has 0 atom stereocenters. The Hall–Kier alpha value is -3.00. The fourth-order valence-electron chi connectivity index (χ4n) is 2.11. The number of rotatable bonds is 7. The Morgan fingerprint density at radius 1 is 1.08 bits per heavy atom. The molecule has 0 saturated heterocycles. The van der Waals surface area contributed by atoms with E-state index in [9.17, 15) is 8.78 Å².